The number of fused-ring (bicyclic) bond motifs is 1. The highest BCUT2D eigenvalue weighted by atomic mass is 19.1. The van der Waals surface area contributed by atoms with E-state index in [9.17, 15) is 9.18 Å². The van der Waals surface area contributed by atoms with Gasteiger partial charge in [0, 0.05) is 5.69 Å². The van der Waals surface area contributed by atoms with E-state index >= 15 is 0 Å². The number of nitriles is 1. The van der Waals surface area contributed by atoms with Crippen molar-refractivity contribution >= 4 is 11.8 Å². The number of hydrogen-bond acceptors (Lipinski definition) is 5. The smallest absolute Gasteiger partial charge is 0.409 e. The molecule has 0 fully saturated rings. The maximum atomic E-state index is 14.0. The molecule has 0 aliphatic carbocycles. The van der Waals surface area contributed by atoms with Crippen LogP contribution in [0.3, 0.4) is 0 Å². The summed E-state index contributed by atoms with van der Waals surface area (Å²) in [7, 11) is 0. The summed E-state index contributed by atoms with van der Waals surface area (Å²) < 4.78 is 14.0. The quantitative estimate of drug-likeness (QED) is 0.806. The molecule has 2 aromatic rings. The third-order valence-electron chi connectivity index (χ3n) is 3.00. The Morgan fingerprint density at radius 3 is 2.57 bits per heavy atom. The maximum absolute atomic E-state index is 14.0. The van der Waals surface area contributed by atoms with Crippen LogP contribution in [0.1, 0.15) is 11.4 Å². The zero-order valence-electron chi connectivity index (χ0n) is 10.6. The number of anilines is 1. The molecule has 3 rings (SSSR count). The first-order valence-electron chi connectivity index (χ1n) is 5.96. The molecule has 21 heavy (non-hydrogen) atoms. The summed E-state index contributed by atoms with van der Waals surface area (Å²) in [5.41, 5.74) is 1.50. The summed E-state index contributed by atoms with van der Waals surface area (Å²) >= 11 is 0. The van der Waals surface area contributed by atoms with E-state index in [0.717, 1.165) is 10.9 Å². The molecular weight excluding hydrogens is 279 g/mol. The summed E-state index contributed by atoms with van der Waals surface area (Å²) in [6.45, 7) is 0.707. The number of halogens is 1. The highest BCUT2D eigenvalue weighted by Gasteiger charge is 2.24. The molecule has 0 radical (unpaired) electrons. The van der Waals surface area contributed by atoms with Crippen molar-refractivity contribution in [1.82, 2.24) is 19.9 Å². The minimum absolute atomic E-state index is 0.115. The van der Waals surface area contributed by atoms with Gasteiger partial charge in [0.1, 0.15) is 17.1 Å². The topological polar surface area (TPSA) is 107 Å². The van der Waals surface area contributed by atoms with Crippen LogP contribution in [0.15, 0.2) is 18.2 Å². The van der Waals surface area contributed by atoms with Gasteiger partial charge in [-0.05, 0) is 18.2 Å². The Bertz CT molecular complexity index is 742. The van der Waals surface area contributed by atoms with Crippen molar-refractivity contribution in [1.29, 1.82) is 5.26 Å². The van der Waals surface area contributed by atoms with Crippen molar-refractivity contribution in [2.75, 3.05) is 5.32 Å². The second kappa shape index (κ2) is 4.75. The molecule has 1 amide bonds. The van der Waals surface area contributed by atoms with Crippen LogP contribution in [-0.2, 0) is 13.1 Å². The Morgan fingerprint density at radius 2 is 2.05 bits per heavy atom. The van der Waals surface area contributed by atoms with Crippen LogP contribution in [0.4, 0.5) is 14.9 Å². The zero-order valence-corrected chi connectivity index (χ0v) is 10.6. The number of benzene rings is 1. The number of carboxylic acid groups (broad SMARTS) is 1. The molecule has 0 saturated carbocycles. The highest BCUT2D eigenvalue weighted by Crippen LogP contribution is 2.22. The Morgan fingerprint density at radius 1 is 1.38 bits per heavy atom. The number of aromatic nitrogens is 3. The van der Waals surface area contributed by atoms with Crippen molar-refractivity contribution in [2.24, 2.45) is 0 Å². The monoisotopic (exact) mass is 288 g/mol. The summed E-state index contributed by atoms with van der Waals surface area (Å²) in [6.07, 6.45) is 0.731. The van der Waals surface area contributed by atoms with E-state index < -0.39 is 11.9 Å². The average molecular weight is 288 g/mol. The summed E-state index contributed by atoms with van der Waals surface area (Å²) in [6, 6.07) is 3.86. The highest BCUT2D eigenvalue weighted by molar-refractivity contribution is 5.82. The lowest BCUT2D eigenvalue weighted by Gasteiger charge is -2.07. The number of rotatable bonds is 2. The van der Waals surface area contributed by atoms with Crippen molar-refractivity contribution in [2.45, 2.75) is 13.1 Å². The Labute approximate surface area is 118 Å². The fourth-order valence-corrected chi connectivity index (χ4v) is 2.08. The van der Waals surface area contributed by atoms with Gasteiger partial charge in [-0.3, -0.25) is 10.2 Å². The Balaban J connectivity index is 1.89. The Hall–Kier alpha value is -3.15. The van der Waals surface area contributed by atoms with Gasteiger partial charge < -0.3 is 5.11 Å². The van der Waals surface area contributed by atoms with Crippen molar-refractivity contribution in [3.05, 3.63) is 35.4 Å². The summed E-state index contributed by atoms with van der Waals surface area (Å²) in [5.74, 6) is -0.646. The van der Waals surface area contributed by atoms with E-state index in [2.05, 4.69) is 15.5 Å². The minimum atomic E-state index is -1.27. The standard InChI is InChI=1S/C12H9FN6O2/c13-8-3-7(15-12(20)21)1-2-11(8)19-16-9-4-18(6-14)5-10(9)17-19/h1-3,15H,4-5H2,(H,20,21). The third kappa shape index (κ3) is 2.34. The minimum Gasteiger partial charge on any atom is -0.465 e. The number of nitrogens with one attached hydrogen (secondary N) is 1. The fraction of sp³-hybridized carbons (Fsp3) is 0.167. The molecule has 2 heterocycles. The lowest BCUT2D eigenvalue weighted by molar-refractivity contribution is 0.209. The number of nitrogens with zero attached hydrogens (tertiary/aromatic N) is 5. The van der Waals surface area contributed by atoms with Crippen LogP contribution in [0.25, 0.3) is 5.69 Å². The molecule has 0 bridgehead atoms. The first kappa shape index (κ1) is 12.9. The molecule has 0 atom stereocenters. The van der Waals surface area contributed by atoms with Crippen LogP contribution >= 0.6 is 0 Å². The summed E-state index contributed by atoms with van der Waals surface area (Å²) in [5, 5.41) is 27.7. The van der Waals surface area contributed by atoms with Gasteiger partial charge in [-0.1, -0.05) is 0 Å². The first-order valence-corrected chi connectivity index (χ1v) is 5.96. The van der Waals surface area contributed by atoms with Gasteiger partial charge in [-0.25, -0.2) is 9.18 Å². The third-order valence-corrected chi connectivity index (χ3v) is 3.00. The van der Waals surface area contributed by atoms with Crippen molar-refractivity contribution in [3.8, 4) is 11.9 Å². The second-order valence-electron chi connectivity index (χ2n) is 4.44. The van der Waals surface area contributed by atoms with Gasteiger partial charge in [-0.15, -0.1) is 4.80 Å². The molecule has 1 aliphatic heterocycles. The van der Waals surface area contributed by atoms with E-state index in [1.165, 1.54) is 17.0 Å². The normalized spacial score (nSPS) is 12.9. The van der Waals surface area contributed by atoms with E-state index in [4.69, 9.17) is 10.4 Å². The van der Waals surface area contributed by atoms with Gasteiger partial charge in [0.15, 0.2) is 12.0 Å². The number of amides is 1. The Kier molecular flexibility index (Phi) is 2.91. The maximum Gasteiger partial charge on any atom is 0.409 e. The molecule has 9 heteroatoms. The molecular formula is C12H9FN6O2. The van der Waals surface area contributed by atoms with Crippen LogP contribution in [0, 0.1) is 17.3 Å². The second-order valence-corrected chi connectivity index (χ2v) is 4.44. The summed E-state index contributed by atoms with van der Waals surface area (Å²) in [4.78, 5) is 13.1. The molecule has 1 aromatic heterocycles. The lowest BCUT2D eigenvalue weighted by Crippen LogP contribution is -2.12. The van der Waals surface area contributed by atoms with Gasteiger partial charge in [0.2, 0.25) is 0 Å². The molecule has 0 saturated heterocycles. The first-order chi connectivity index (χ1) is 10.1. The molecule has 1 aliphatic rings. The molecule has 106 valence electrons. The van der Waals surface area contributed by atoms with Crippen LogP contribution in [-0.4, -0.2) is 31.1 Å². The predicted molar refractivity (Wildman–Crippen MR) is 67.8 cm³/mol. The van der Waals surface area contributed by atoms with E-state index in [-0.39, 0.29) is 11.4 Å². The lowest BCUT2D eigenvalue weighted by atomic mass is 10.2. The number of hydrogen-bond donors (Lipinski definition) is 2. The van der Waals surface area contributed by atoms with Crippen LogP contribution < -0.4 is 5.32 Å². The van der Waals surface area contributed by atoms with Crippen LogP contribution in [0.5, 0.6) is 0 Å². The van der Waals surface area contributed by atoms with Gasteiger partial charge in [0.25, 0.3) is 0 Å². The van der Waals surface area contributed by atoms with E-state index in [1.54, 1.807) is 0 Å². The molecule has 0 unspecified atom stereocenters. The molecule has 8 nitrogen and oxygen atoms in total. The molecule has 1 aromatic carbocycles. The van der Waals surface area contributed by atoms with Gasteiger partial charge in [-0.2, -0.15) is 15.5 Å². The zero-order chi connectivity index (χ0) is 15.0. The fourth-order valence-electron chi connectivity index (χ4n) is 2.08. The van der Waals surface area contributed by atoms with Gasteiger partial charge >= 0.3 is 6.09 Å². The number of carbonyl (C=O) groups is 1. The SMILES string of the molecule is N#CN1Cc2nn(-c3ccc(NC(=O)O)cc3F)nc2C1. The van der Waals surface area contributed by atoms with Crippen molar-refractivity contribution in [3.63, 3.8) is 0 Å². The van der Waals surface area contributed by atoms with E-state index in [0.29, 0.717) is 24.5 Å². The van der Waals surface area contributed by atoms with E-state index in [1.807, 2.05) is 6.19 Å². The molecule has 2 N–H and O–H groups in total. The average Bonchev–Trinajstić information content (AvgIpc) is 2.95. The predicted octanol–water partition coefficient (Wildman–Crippen LogP) is 1.29. The molecule has 0 spiro atoms. The van der Waals surface area contributed by atoms with Gasteiger partial charge in [0.05, 0.1) is 13.1 Å². The largest absolute Gasteiger partial charge is 0.465 e. The van der Waals surface area contributed by atoms with Crippen LogP contribution in [0.2, 0.25) is 0 Å². The van der Waals surface area contributed by atoms with Crippen molar-refractivity contribution < 1.29 is 14.3 Å².